The summed E-state index contributed by atoms with van der Waals surface area (Å²) in [4.78, 5) is 30.0. The van der Waals surface area contributed by atoms with Gasteiger partial charge >= 0.3 is 12.0 Å². The zero-order chi connectivity index (χ0) is 14.1. The van der Waals surface area contributed by atoms with Gasteiger partial charge in [0.15, 0.2) is 0 Å². The number of rotatable bonds is 3. The number of nitrogens with zero attached hydrogens (tertiary/aromatic N) is 3. The standard InChI is InChI=1S/C14H23N3O3/c1-2-15-8-9-17(14(15)19)11-3-6-16(7-4-11)12-5-10-20-13(12)18/h11-12H,2-10H2,1H3/t12-/m0/s1. The lowest BCUT2D eigenvalue weighted by molar-refractivity contribution is -0.142. The maximum Gasteiger partial charge on any atom is 0.323 e. The number of carbonyl (C=O) groups is 2. The number of esters is 1. The number of likely N-dealkylation sites (tertiary alicyclic amines) is 1. The molecule has 0 aromatic carbocycles. The molecule has 6 heteroatoms. The molecule has 3 rings (SSSR count). The fourth-order valence-electron chi connectivity index (χ4n) is 3.56. The van der Waals surface area contributed by atoms with Crippen molar-refractivity contribution < 1.29 is 14.3 Å². The van der Waals surface area contributed by atoms with Crippen molar-refractivity contribution in [3.63, 3.8) is 0 Å². The first-order chi connectivity index (χ1) is 9.70. The summed E-state index contributed by atoms with van der Waals surface area (Å²) in [5.74, 6) is -0.0714. The molecule has 2 amide bonds. The molecule has 3 fully saturated rings. The van der Waals surface area contributed by atoms with Gasteiger partial charge in [0, 0.05) is 45.2 Å². The van der Waals surface area contributed by atoms with E-state index in [9.17, 15) is 9.59 Å². The third-order valence-electron chi connectivity index (χ3n) is 4.80. The maximum absolute atomic E-state index is 12.2. The Bertz CT molecular complexity index is 393. The van der Waals surface area contributed by atoms with E-state index in [0.717, 1.165) is 52.0 Å². The van der Waals surface area contributed by atoms with E-state index in [-0.39, 0.29) is 18.0 Å². The van der Waals surface area contributed by atoms with Crippen LogP contribution >= 0.6 is 0 Å². The molecule has 3 aliphatic rings. The van der Waals surface area contributed by atoms with Gasteiger partial charge in [0.05, 0.1) is 6.61 Å². The van der Waals surface area contributed by atoms with Gasteiger partial charge in [0.25, 0.3) is 0 Å². The number of likely N-dealkylation sites (N-methyl/N-ethyl adjacent to an activating group) is 1. The normalized spacial score (nSPS) is 29.4. The van der Waals surface area contributed by atoms with E-state index in [1.807, 2.05) is 16.7 Å². The van der Waals surface area contributed by atoms with Crippen LogP contribution in [0.15, 0.2) is 0 Å². The number of piperidine rings is 1. The monoisotopic (exact) mass is 281 g/mol. The van der Waals surface area contributed by atoms with E-state index >= 15 is 0 Å². The van der Waals surface area contributed by atoms with Crippen LogP contribution in [0.5, 0.6) is 0 Å². The first-order valence-corrected chi connectivity index (χ1v) is 7.67. The summed E-state index contributed by atoms with van der Waals surface area (Å²) < 4.78 is 5.04. The van der Waals surface area contributed by atoms with Crippen LogP contribution < -0.4 is 0 Å². The van der Waals surface area contributed by atoms with E-state index < -0.39 is 0 Å². The molecule has 0 spiro atoms. The molecular formula is C14H23N3O3. The Labute approximate surface area is 119 Å². The predicted octanol–water partition coefficient (Wildman–Crippen LogP) is 0.524. The van der Waals surface area contributed by atoms with Gasteiger partial charge in [0.1, 0.15) is 6.04 Å². The van der Waals surface area contributed by atoms with Crippen molar-refractivity contribution in [3.05, 3.63) is 0 Å². The van der Waals surface area contributed by atoms with Crippen molar-refractivity contribution in [1.82, 2.24) is 14.7 Å². The molecular weight excluding hydrogens is 258 g/mol. The molecule has 1 atom stereocenters. The first kappa shape index (κ1) is 13.7. The Morgan fingerprint density at radius 3 is 2.40 bits per heavy atom. The number of ether oxygens (including phenoxy) is 1. The van der Waals surface area contributed by atoms with Crippen LogP contribution in [0.4, 0.5) is 4.79 Å². The van der Waals surface area contributed by atoms with Crippen molar-refractivity contribution in [1.29, 1.82) is 0 Å². The number of urea groups is 1. The SMILES string of the molecule is CCN1CCN(C2CCN([C@H]3CCOC3=O)CC2)C1=O. The Morgan fingerprint density at radius 2 is 1.85 bits per heavy atom. The van der Waals surface area contributed by atoms with Gasteiger partial charge < -0.3 is 14.5 Å². The summed E-state index contributed by atoms with van der Waals surface area (Å²) in [5.41, 5.74) is 0. The molecule has 0 radical (unpaired) electrons. The Hall–Kier alpha value is -1.30. The van der Waals surface area contributed by atoms with Crippen LogP contribution in [0, 0.1) is 0 Å². The van der Waals surface area contributed by atoms with Crippen molar-refractivity contribution >= 4 is 12.0 Å². The van der Waals surface area contributed by atoms with Gasteiger partial charge in [-0.1, -0.05) is 0 Å². The maximum atomic E-state index is 12.2. The van der Waals surface area contributed by atoms with E-state index in [1.165, 1.54) is 0 Å². The molecule has 20 heavy (non-hydrogen) atoms. The fourth-order valence-corrected chi connectivity index (χ4v) is 3.56. The lowest BCUT2D eigenvalue weighted by Gasteiger charge is -2.37. The van der Waals surface area contributed by atoms with Crippen LogP contribution in [0.25, 0.3) is 0 Å². The van der Waals surface area contributed by atoms with Crippen LogP contribution in [0.3, 0.4) is 0 Å². The second-order valence-electron chi connectivity index (χ2n) is 5.79. The highest BCUT2D eigenvalue weighted by atomic mass is 16.5. The number of carbonyl (C=O) groups excluding carboxylic acids is 2. The summed E-state index contributed by atoms with van der Waals surface area (Å²) >= 11 is 0. The van der Waals surface area contributed by atoms with Crippen molar-refractivity contribution in [2.75, 3.05) is 39.3 Å². The van der Waals surface area contributed by atoms with Gasteiger partial charge in [0.2, 0.25) is 0 Å². The van der Waals surface area contributed by atoms with Gasteiger partial charge in [-0.05, 0) is 19.8 Å². The quantitative estimate of drug-likeness (QED) is 0.708. The second-order valence-corrected chi connectivity index (χ2v) is 5.79. The van der Waals surface area contributed by atoms with Crippen LogP contribution in [0.2, 0.25) is 0 Å². The highest BCUT2D eigenvalue weighted by Crippen LogP contribution is 2.24. The largest absolute Gasteiger partial charge is 0.464 e. The van der Waals surface area contributed by atoms with E-state index in [2.05, 4.69) is 4.90 Å². The number of amides is 2. The molecule has 0 bridgehead atoms. The molecule has 112 valence electrons. The molecule has 0 aromatic heterocycles. The number of hydrogen-bond donors (Lipinski definition) is 0. The number of hydrogen-bond acceptors (Lipinski definition) is 4. The zero-order valence-electron chi connectivity index (χ0n) is 12.1. The summed E-state index contributed by atoms with van der Waals surface area (Å²) in [5, 5.41) is 0. The molecule has 0 saturated carbocycles. The van der Waals surface area contributed by atoms with Crippen molar-refractivity contribution in [2.45, 2.75) is 38.3 Å². The van der Waals surface area contributed by atoms with E-state index in [4.69, 9.17) is 4.74 Å². The Kier molecular flexibility index (Phi) is 3.83. The minimum atomic E-state index is -0.0714. The smallest absolute Gasteiger partial charge is 0.323 e. The number of cyclic esters (lactones) is 1. The highest BCUT2D eigenvalue weighted by molar-refractivity contribution is 5.78. The van der Waals surface area contributed by atoms with E-state index in [1.54, 1.807) is 0 Å². The average molecular weight is 281 g/mol. The minimum Gasteiger partial charge on any atom is -0.464 e. The van der Waals surface area contributed by atoms with Crippen LogP contribution in [-0.2, 0) is 9.53 Å². The third-order valence-corrected chi connectivity index (χ3v) is 4.80. The Balaban J connectivity index is 1.54. The second kappa shape index (κ2) is 5.60. The zero-order valence-corrected chi connectivity index (χ0v) is 12.1. The molecule has 3 aliphatic heterocycles. The summed E-state index contributed by atoms with van der Waals surface area (Å²) in [6.07, 6.45) is 2.75. The van der Waals surface area contributed by atoms with Gasteiger partial charge in [-0.2, -0.15) is 0 Å². The van der Waals surface area contributed by atoms with Gasteiger partial charge in [-0.25, -0.2) is 4.79 Å². The highest BCUT2D eigenvalue weighted by Gasteiger charge is 2.38. The van der Waals surface area contributed by atoms with Gasteiger partial charge in [-0.3, -0.25) is 9.69 Å². The van der Waals surface area contributed by atoms with Gasteiger partial charge in [-0.15, -0.1) is 0 Å². The lowest BCUT2D eigenvalue weighted by atomic mass is 10.0. The molecule has 6 nitrogen and oxygen atoms in total. The van der Waals surface area contributed by atoms with Crippen molar-refractivity contribution in [2.24, 2.45) is 0 Å². The molecule has 3 saturated heterocycles. The third kappa shape index (κ3) is 2.37. The van der Waals surface area contributed by atoms with Crippen LogP contribution in [-0.4, -0.2) is 78.1 Å². The minimum absolute atomic E-state index is 0.0441. The first-order valence-electron chi connectivity index (χ1n) is 7.67. The molecule has 3 heterocycles. The molecule has 0 aromatic rings. The molecule has 0 unspecified atom stereocenters. The summed E-state index contributed by atoms with van der Waals surface area (Å²) in [6.45, 7) is 6.85. The van der Waals surface area contributed by atoms with Crippen LogP contribution in [0.1, 0.15) is 26.2 Å². The Morgan fingerprint density at radius 1 is 1.10 bits per heavy atom. The molecule has 0 aliphatic carbocycles. The lowest BCUT2D eigenvalue weighted by Crippen LogP contribution is -2.50. The predicted molar refractivity (Wildman–Crippen MR) is 73.3 cm³/mol. The topological polar surface area (TPSA) is 53.1 Å². The van der Waals surface area contributed by atoms with E-state index in [0.29, 0.717) is 12.6 Å². The summed E-state index contributed by atoms with van der Waals surface area (Å²) in [6, 6.07) is 0.483. The van der Waals surface area contributed by atoms with Crippen molar-refractivity contribution in [3.8, 4) is 0 Å². The average Bonchev–Trinajstić information content (AvgIpc) is 3.05. The molecule has 0 N–H and O–H groups in total. The summed E-state index contributed by atoms with van der Waals surface area (Å²) in [7, 11) is 0. The fraction of sp³-hybridized carbons (Fsp3) is 0.857.